The van der Waals surface area contributed by atoms with Gasteiger partial charge in [0.25, 0.3) is 10.0 Å². The van der Waals surface area contributed by atoms with Gasteiger partial charge in [-0.2, -0.15) is 0 Å². The lowest BCUT2D eigenvalue weighted by molar-refractivity contribution is 0.0701. The maximum atomic E-state index is 12.2. The Morgan fingerprint density at radius 1 is 1.33 bits per heavy atom. The molecule has 2 N–H and O–H groups in total. The van der Waals surface area contributed by atoms with Crippen LogP contribution in [0, 0.1) is 13.8 Å². The Labute approximate surface area is 134 Å². The van der Waals surface area contributed by atoms with Crippen LogP contribution in [0.25, 0.3) is 0 Å². The lowest BCUT2D eigenvalue weighted by atomic mass is 10.3. The van der Waals surface area contributed by atoms with E-state index in [0.717, 1.165) is 10.0 Å². The number of halogens is 1. The summed E-state index contributed by atoms with van der Waals surface area (Å²) in [4.78, 5) is 15.0. The van der Waals surface area contributed by atoms with Gasteiger partial charge < -0.3 is 5.11 Å². The third kappa shape index (κ3) is 3.42. The van der Waals surface area contributed by atoms with Crippen molar-refractivity contribution in [2.24, 2.45) is 0 Å². The first-order valence-electron chi connectivity index (χ1n) is 5.69. The molecule has 0 saturated heterocycles. The van der Waals surface area contributed by atoms with Gasteiger partial charge in [0.1, 0.15) is 14.9 Å². The highest BCUT2D eigenvalue weighted by Gasteiger charge is 2.22. The second-order valence-electron chi connectivity index (χ2n) is 4.31. The van der Waals surface area contributed by atoms with Gasteiger partial charge in [0.2, 0.25) is 0 Å². The largest absolute Gasteiger partial charge is 0.477 e. The van der Waals surface area contributed by atoms with Crippen molar-refractivity contribution in [2.75, 3.05) is 4.72 Å². The molecule has 2 heterocycles. The second kappa shape index (κ2) is 5.74. The predicted molar refractivity (Wildman–Crippen MR) is 83.5 cm³/mol. The number of carboxylic acid groups (broad SMARTS) is 1. The topological polar surface area (TPSA) is 96.4 Å². The average Bonchev–Trinajstić information content (AvgIpc) is 2.77. The minimum atomic E-state index is -3.85. The molecule has 0 spiro atoms. The van der Waals surface area contributed by atoms with Gasteiger partial charge in [-0.3, -0.25) is 4.72 Å². The number of anilines is 1. The summed E-state index contributed by atoms with van der Waals surface area (Å²) < 4.78 is 27.5. The Kier molecular flexibility index (Phi) is 4.35. The van der Waals surface area contributed by atoms with Crippen LogP contribution in [0.3, 0.4) is 0 Å². The summed E-state index contributed by atoms with van der Waals surface area (Å²) in [6.45, 7) is 3.36. The molecule has 0 aliphatic heterocycles. The number of aromatic carboxylic acids is 1. The van der Waals surface area contributed by atoms with E-state index < -0.39 is 16.0 Å². The van der Waals surface area contributed by atoms with E-state index in [0.29, 0.717) is 16.9 Å². The van der Waals surface area contributed by atoms with Gasteiger partial charge in [0.15, 0.2) is 0 Å². The van der Waals surface area contributed by atoms with Gasteiger partial charge in [0.05, 0.1) is 0 Å². The van der Waals surface area contributed by atoms with Crippen LogP contribution in [-0.4, -0.2) is 24.5 Å². The number of hydrogen-bond acceptors (Lipinski definition) is 5. The third-order valence-electron chi connectivity index (χ3n) is 2.64. The molecular formula is C12H11BrN2O4S2. The van der Waals surface area contributed by atoms with Gasteiger partial charge >= 0.3 is 5.97 Å². The second-order valence-corrected chi connectivity index (χ2v) is 8.12. The number of nitrogens with one attached hydrogen (secondary N) is 1. The fraction of sp³-hybridized carbons (Fsp3) is 0.167. The Hall–Kier alpha value is -1.45. The van der Waals surface area contributed by atoms with Crippen LogP contribution in [0.1, 0.15) is 20.8 Å². The molecule has 0 amide bonds. The monoisotopic (exact) mass is 390 g/mol. The van der Waals surface area contributed by atoms with Crippen molar-refractivity contribution in [3.05, 3.63) is 38.8 Å². The van der Waals surface area contributed by atoms with Gasteiger partial charge in [-0.05, 0) is 53.0 Å². The molecule has 0 saturated carbocycles. The molecule has 2 aromatic rings. The summed E-state index contributed by atoms with van der Waals surface area (Å²) in [6, 6.07) is 2.92. The fourth-order valence-electron chi connectivity index (χ4n) is 1.58. The quantitative estimate of drug-likeness (QED) is 0.835. The molecule has 112 valence electrons. The molecular weight excluding hydrogens is 380 g/mol. The third-order valence-corrected chi connectivity index (χ3v) is 6.52. The zero-order chi connectivity index (χ0) is 15.8. The van der Waals surface area contributed by atoms with Crippen LogP contribution >= 0.6 is 27.3 Å². The van der Waals surface area contributed by atoms with Crippen molar-refractivity contribution in [1.29, 1.82) is 0 Å². The molecule has 0 aromatic carbocycles. The molecule has 6 nitrogen and oxygen atoms in total. The fourth-order valence-corrected chi connectivity index (χ4v) is 4.17. The molecule has 0 aliphatic carbocycles. The lowest BCUT2D eigenvalue weighted by Gasteiger charge is -2.06. The molecule has 0 radical (unpaired) electrons. The van der Waals surface area contributed by atoms with E-state index in [1.807, 2.05) is 0 Å². The van der Waals surface area contributed by atoms with E-state index in [-0.39, 0.29) is 14.9 Å². The highest BCUT2D eigenvalue weighted by molar-refractivity contribution is 9.10. The minimum Gasteiger partial charge on any atom is -0.477 e. The predicted octanol–water partition coefficient (Wildman–Crippen LogP) is 3.02. The number of carbonyl (C=O) groups is 1. The molecule has 0 atom stereocenters. The molecule has 0 fully saturated rings. The number of nitrogens with zero attached hydrogens (tertiary/aromatic N) is 1. The standard InChI is InChI=1S/C12H11BrN2O4S2/c1-6-3-9(14-5-8(6)13)15-21(18,19)10-4-7(2)11(20-10)12(16)17/h3-5H,1-2H3,(H,14,15)(H,16,17). The molecule has 21 heavy (non-hydrogen) atoms. The first kappa shape index (κ1) is 15.9. The summed E-state index contributed by atoms with van der Waals surface area (Å²) in [5.74, 6) is -0.963. The molecule has 9 heteroatoms. The number of aromatic nitrogens is 1. The summed E-state index contributed by atoms with van der Waals surface area (Å²) >= 11 is 3.99. The smallest absolute Gasteiger partial charge is 0.346 e. The molecule has 2 aromatic heterocycles. The van der Waals surface area contributed by atoms with Crippen LogP contribution in [0.2, 0.25) is 0 Å². The SMILES string of the molecule is Cc1cc(NS(=O)(=O)c2cc(C)c(C(=O)O)s2)ncc1Br. The first-order chi connectivity index (χ1) is 9.70. The van der Waals surface area contributed by atoms with Crippen LogP contribution in [-0.2, 0) is 10.0 Å². The molecule has 0 unspecified atom stereocenters. The lowest BCUT2D eigenvalue weighted by Crippen LogP contribution is -2.12. The van der Waals surface area contributed by atoms with Crippen LogP contribution < -0.4 is 4.72 Å². The number of rotatable bonds is 4. The van der Waals surface area contributed by atoms with E-state index in [1.54, 1.807) is 19.9 Å². The van der Waals surface area contributed by atoms with Gasteiger partial charge in [-0.25, -0.2) is 18.2 Å². The summed E-state index contributed by atoms with van der Waals surface area (Å²) in [5.41, 5.74) is 1.24. The number of carboxylic acids is 1. The van der Waals surface area contributed by atoms with Gasteiger partial charge in [-0.1, -0.05) is 0 Å². The first-order valence-corrected chi connectivity index (χ1v) is 8.78. The van der Waals surface area contributed by atoms with Crippen molar-refractivity contribution in [2.45, 2.75) is 18.1 Å². The van der Waals surface area contributed by atoms with Crippen molar-refractivity contribution >= 4 is 49.1 Å². The van der Waals surface area contributed by atoms with E-state index in [9.17, 15) is 13.2 Å². The van der Waals surface area contributed by atoms with Gasteiger partial charge in [-0.15, -0.1) is 11.3 Å². The van der Waals surface area contributed by atoms with Crippen molar-refractivity contribution < 1.29 is 18.3 Å². The summed E-state index contributed by atoms with van der Waals surface area (Å²) in [6.07, 6.45) is 1.50. The minimum absolute atomic E-state index is 0.00956. The summed E-state index contributed by atoms with van der Waals surface area (Å²) in [7, 11) is -3.85. The van der Waals surface area contributed by atoms with E-state index in [2.05, 4.69) is 25.6 Å². The Morgan fingerprint density at radius 3 is 2.52 bits per heavy atom. The Morgan fingerprint density at radius 2 is 2.00 bits per heavy atom. The molecule has 0 aliphatic rings. The number of pyridine rings is 1. The van der Waals surface area contributed by atoms with E-state index >= 15 is 0 Å². The number of hydrogen-bond donors (Lipinski definition) is 2. The zero-order valence-corrected chi connectivity index (χ0v) is 14.3. The number of sulfonamides is 1. The molecule has 0 bridgehead atoms. The highest BCUT2D eigenvalue weighted by atomic mass is 79.9. The molecule has 2 rings (SSSR count). The highest BCUT2D eigenvalue weighted by Crippen LogP contribution is 2.28. The van der Waals surface area contributed by atoms with Crippen molar-refractivity contribution in [3.8, 4) is 0 Å². The normalized spacial score (nSPS) is 11.4. The van der Waals surface area contributed by atoms with Crippen molar-refractivity contribution in [1.82, 2.24) is 4.98 Å². The maximum Gasteiger partial charge on any atom is 0.346 e. The average molecular weight is 391 g/mol. The van der Waals surface area contributed by atoms with Crippen LogP contribution in [0.4, 0.5) is 5.82 Å². The van der Waals surface area contributed by atoms with Gasteiger partial charge in [0, 0.05) is 10.7 Å². The Balaban J connectivity index is 2.36. The number of aryl methyl sites for hydroxylation is 2. The maximum absolute atomic E-state index is 12.2. The van der Waals surface area contributed by atoms with Crippen molar-refractivity contribution in [3.63, 3.8) is 0 Å². The van der Waals surface area contributed by atoms with Crippen LogP contribution in [0.15, 0.2) is 27.0 Å². The number of thiophene rings is 1. The van der Waals surface area contributed by atoms with E-state index in [1.165, 1.54) is 12.3 Å². The summed E-state index contributed by atoms with van der Waals surface area (Å²) in [5, 5.41) is 8.98. The Bertz CT molecular complexity index is 815. The van der Waals surface area contributed by atoms with E-state index in [4.69, 9.17) is 5.11 Å². The zero-order valence-electron chi connectivity index (χ0n) is 11.0. The van der Waals surface area contributed by atoms with Crippen LogP contribution in [0.5, 0.6) is 0 Å².